The zero-order valence-electron chi connectivity index (χ0n) is 9.56. The van der Waals surface area contributed by atoms with E-state index in [4.69, 9.17) is 10.3 Å². The van der Waals surface area contributed by atoms with Gasteiger partial charge in [0.15, 0.2) is 5.82 Å². The molecule has 2 heterocycles. The summed E-state index contributed by atoms with van der Waals surface area (Å²) >= 11 is 0. The molecule has 16 heavy (non-hydrogen) atoms. The number of aromatic nitrogens is 4. The van der Waals surface area contributed by atoms with Crippen molar-refractivity contribution >= 4 is 0 Å². The highest BCUT2D eigenvalue weighted by Crippen LogP contribution is 2.22. The molecule has 6 nitrogen and oxygen atoms in total. The van der Waals surface area contributed by atoms with Crippen LogP contribution in [0.25, 0.3) is 11.5 Å². The van der Waals surface area contributed by atoms with Crippen LogP contribution in [0.1, 0.15) is 31.4 Å². The first-order valence-corrected chi connectivity index (χ1v) is 5.19. The number of nitrogens with zero attached hydrogens (tertiary/aromatic N) is 3. The highest BCUT2D eigenvalue weighted by molar-refractivity contribution is 5.54. The van der Waals surface area contributed by atoms with Crippen LogP contribution in [0.4, 0.5) is 0 Å². The first-order valence-electron chi connectivity index (χ1n) is 5.19. The van der Waals surface area contributed by atoms with Crippen molar-refractivity contribution in [3.63, 3.8) is 0 Å². The molecule has 0 fully saturated rings. The second kappa shape index (κ2) is 4.05. The van der Waals surface area contributed by atoms with Gasteiger partial charge in [0.2, 0.25) is 0 Å². The molecular formula is C10H15N5O. The van der Waals surface area contributed by atoms with Crippen molar-refractivity contribution in [1.29, 1.82) is 0 Å². The van der Waals surface area contributed by atoms with Gasteiger partial charge in [-0.25, -0.2) is 0 Å². The van der Waals surface area contributed by atoms with Crippen LogP contribution < -0.4 is 5.73 Å². The quantitative estimate of drug-likeness (QED) is 0.817. The maximum Gasteiger partial charge on any atom is 0.261 e. The van der Waals surface area contributed by atoms with E-state index in [9.17, 15) is 0 Å². The molecule has 0 aliphatic heterocycles. The van der Waals surface area contributed by atoms with Crippen molar-refractivity contribution in [3.05, 3.63) is 17.7 Å². The summed E-state index contributed by atoms with van der Waals surface area (Å²) in [5, 5.41) is 10.6. The number of nitrogens with one attached hydrogen (secondary N) is 1. The van der Waals surface area contributed by atoms with E-state index in [-0.39, 0.29) is 12.0 Å². The minimum absolute atomic E-state index is 0.204. The highest BCUT2D eigenvalue weighted by atomic mass is 16.5. The monoisotopic (exact) mass is 221 g/mol. The second-order valence-electron chi connectivity index (χ2n) is 4.14. The molecule has 0 bridgehead atoms. The SMILES string of the molecule is Cc1[nH]ncc1-c1nc(C(N)C(C)C)no1. The first kappa shape index (κ1) is 10.8. The van der Waals surface area contributed by atoms with Crippen LogP contribution in [-0.2, 0) is 0 Å². The maximum absolute atomic E-state index is 5.93. The lowest BCUT2D eigenvalue weighted by Crippen LogP contribution is -2.18. The molecule has 0 aliphatic carbocycles. The van der Waals surface area contributed by atoms with Crippen LogP contribution in [0.5, 0.6) is 0 Å². The summed E-state index contributed by atoms with van der Waals surface area (Å²) in [4.78, 5) is 4.27. The second-order valence-corrected chi connectivity index (χ2v) is 4.14. The molecule has 0 spiro atoms. The number of nitrogens with two attached hydrogens (primary N) is 1. The Morgan fingerprint density at radius 1 is 1.44 bits per heavy atom. The molecule has 0 saturated heterocycles. The Hall–Kier alpha value is -1.69. The van der Waals surface area contributed by atoms with Crippen LogP contribution in [-0.4, -0.2) is 20.3 Å². The molecule has 0 amide bonds. The minimum atomic E-state index is -0.204. The number of aryl methyl sites for hydroxylation is 1. The first-order chi connectivity index (χ1) is 7.59. The average Bonchev–Trinajstić information content (AvgIpc) is 2.84. The van der Waals surface area contributed by atoms with E-state index in [1.54, 1.807) is 6.20 Å². The standard InChI is InChI=1S/C10H15N5O/c1-5(2)8(11)9-13-10(16-15-9)7-4-12-14-6(7)3/h4-5,8H,11H2,1-3H3,(H,12,14). The third kappa shape index (κ3) is 1.83. The van der Waals surface area contributed by atoms with Crippen molar-refractivity contribution < 1.29 is 4.52 Å². The molecule has 6 heteroatoms. The minimum Gasteiger partial charge on any atom is -0.334 e. The topological polar surface area (TPSA) is 93.6 Å². The molecule has 0 radical (unpaired) electrons. The number of H-pyrrole nitrogens is 1. The van der Waals surface area contributed by atoms with Crippen LogP contribution in [0.2, 0.25) is 0 Å². The molecule has 3 N–H and O–H groups in total. The number of hydrogen-bond acceptors (Lipinski definition) is 5. The van der Waals surface area contributed by atoms with Gasteiger partial charge in [-0.15, -0.1) is 0 Å². The van der Waals surface area contributed by atoms with Gasteiger partial charge in [-0.05, 0) is 12.8 Å². The van der Waals surface area contributed by atoms with Gasteiger partial charge in [0.25, 0.3) is 5.89 Å². The van der Waals surface area contributed by atoms with Gasteiger partial charge in [0, 0.05) is 5.69 Å². The Bertz CT molecular complexity index is 473. The lowest BCUT2D eigenvalue weighted by molar-refractivity contribution is 0.400. The molecular weight excluding hydrogens is 206 g/mol. The van der Waals surface area contributed by atoms with E-state index in [0.717, 1.165) is 11.3 Å². The van der Waals surface area contributed by atoms with Crippen LogP contribution in [0, 0.1) is 12.8 Å². The van der Waals surface area contributed by atoms with E-state index in [1.165, 1.54) is 0 Å². The van der Waals surface area contributed by atoms with Gasteiger partial charge < -0.3 is 10.3 Å². The fourth-order valence-electron chi connectivity index (χ4n) is 1.34. The van der Waals surface area contributed by atoms with Crippen LogP contribution in [0.3, 0.4) is 0 Å². The molecule has 2 aromatic rings. The summed E-state index contributed by atoms with van der Waals surface area (Å²) in [6, 6.07) is -0.204. The number of aromatic amines is 1. The van der Waals surface area contributed by atoms with Crippen molar-refractivity contribution in [1.82, 2.24) is 20.3 Å². The van der Waals surface area contributed by atoms with Gasteiger partial charge in [-0.2, -0.15) is 10.1 Å². The van der Waals surface area contributed by atoms with Gasteiger partial charge in [-0.3, -0.25) is 5.10 Å². The van der Waals surface area contributed by atoms with Gasteiger partial charge in [0.05, 0.1) is 17.8 Å². The van der Waals surface area contributed by atoms with Crippen molar-refractivity contribution in [2.75, 3.05) is 0 Å². The van der Waals surface area contributed by atoms with E-state index in [2.05, 4.69) is 20.3 Å². The van der Waals surface area contributed by atoms with Crippen molar-refractivity contribution in [2.45, 2.75) is 26.8 Å². The van der Waals surface area contributed by atoms with E-state index in [1.807, 2.05) is 20.8 Å². The Kier molecular flexibility index (Phi) is 2.74. The lowest BCUT2D eigenvalue weighted by Gasteiger charge is -2.09. The molecule has 0 saturated carbocycles. The fourth-order valence-corrected chi connectivity index (χ4v) is 1.34. The third-order valence-electron chi connectivity index (χ3n) is 2.52. The number of hydrogen-bond donors (Lipinski definition) is 2. The van der Waals surface area contributed by atoms with Crippen molar-refractivity contribution in [3.8, 4) is 11.5 Å². The zero-order valence-corrected chi connectivity index (χ0v) is 9.56. The maximum atomic E-state index is 5.93. The fraction of sp³-hybridized carbons (Fsp3) is 0.500. The molecule has 2 aromatic heterocycles. The summed E-state index contributed by atoms with van der Waals surface area (Å²) < 4.78 is 5.16. The van der Waals surface area contributed by atoms with Gasteiger partial charge in [0.1, 0.15) is 0 Å². The van der Waals surface area contributed by atoms with Gasteiger partial charge in [-0.1, -0.05) is 19.0 Å². The predicted molar refractivity (Wildman–Crippen MR) is 58.4 cm³/mol. The van der Waals surface area contributed by atoms with Gasteiger partial charge >= 0.3 is 0 Å². The zero-order chi connectivity index (χ0) is 11.7. The Labute approximate surface area is 93.2 Å². The summed E-state index contributed by atoms with van der Waals surface area (Å²) in [6.07, 6.45) is 1.66. The van der Waals surface area contributed by atoms with E-state index >= 15 is 0 Å². The van der Waals surface area contributed by atoms with Crippen molar-refractivity contribution in [2.24, 2.45) is 11.7 Å². The Morgan fingerprint density at radius 3 is 2.75 bits per heavy atom. The summed E-state index contributed by atoms with van der Waals surface area (Å²) in [6.45, 7) is 5.93. The molecule has 1 unspecified atom stereocenters. The summed E-state index contributed by atoms with van der Waals surface area (Å²) in [5.74, 6) is 1.26. The highest BCUT2D eigenvalue weighted by Gasteiger charge is 2.19. The predicted octanol–water partition coefficient (Wildman–Crippen LogP) is 1.42. The smallest absolute Gasteiger partial charge is 0.261 e. The van der Waals surface area contributed by atoms with Crippen LogP contribution >= 0.6 is 0 Å². The van der Waals surface area contributed by atoms with E-state index < -0.39 is 0 Å². The Balaban J connectivity index is 2.30. The molecule has 86 valence electrons. The third-order valence-corrected chi connectivity index (χ3v) is 2.52. The molecule has 2 rings (SSSR count). The Morgan fingerprint density at radius 2 is 2.19 bits per heavy atom. The summed E-state index contributed by atoms with van der Waals surface area (Å²) in [5.41, 5.74) is 7.65. The molecule has 0 aromatic carbocycles. The summed E-state index contributed by atoms with van der Waals surface area (Å²) in [7, 11) is 0. The largest absolute Gasteiger partial charge is 0.334 e. The van der Waals surface area contributed by atoms with E-state index in [0.29, 0.717) is 11.7 Å². The van der Waals surface area contributed by atoms with Crippen LogP contribution in [0.15, 0.2) is 10.7 Å². The lowest BCUT2D eigenvalue weighted by atomic mass is 10.1. The normalized spacial score (nSPS) is 13.3. The average molecular weight is 221 g/mol. The molecule has 1 atom stereocenters. The molecule has 0 aliphatic rings. The number of rotatable bonds is 3.